The lowest BCUT2D eigenvalue weighted by Gasteiger charge is -2.31. The average molecular weight is 333 g/mol. The molecule has 2 rings (SSSR count). The fourth-order valence-electron chi connectivity index (χ4n) is 2.39. The summed E-state index contributed by atoms with van der Waals surface area (Å²) >= 11 is 0. The van der Waals surface area contributed by atoms with Crippen LogP contribution in [0, 0.1) is 0 Å². The number of aromatic nitrogens is 2. The fourth-order valence-corrected chi connectivity index (χ4v) is 2.39. The standard InChI is InChI=1S/C16H23N5O3/c1-3-7-17-14-11-18-13(10-19-14)15(22)20-12-5-8-21(9-6-12)16(23)24-4-2/h3,10-12H,1,4-9H2,2H3,(H,17,19)(H,20,22). The van der Waals surface area contributed by atoms with Crippen LogP contribution in [0.5, 0.6) is 0 Å². The lowest BCUT2D eigenvalue weighted by atomic mass is 10.1. The number of nitrogens with zero attached hydrogens (tertiary/aromatic N) is 3. The second-order valence-corrected chi connectivity index (χ2v) is 5.39. The van der Waals surface area contributed by atoms with Crippen LogP contribution in [0.2, 0.25) is 0 Å². The smallest absolute Gasteiger partial charge is 0.409 e. The predicted octanol–water partition coefficient (Wildman–Crippen LogP) is 1.43. The summed E-state index contributed by atoms with van der Waals surface area (Å²) in [6.45, 7) is 7.48. The minimum Gasteiger partial charge on any atom is -0.450 e. The number of carbonyl (C=O) groups is 2. The van der Waals surface area contributed by atoms with E-state index in [9.17, 15) is 9.59 Å². The molecule has 2 heterocycles. The van der Waals surface area contributed by atoms with Crippen molar-refractivity contribution in [3.05, 3.63) is 30.7 Å². The van der Waals surface area contributed by atoms with E-state index in [2.05, 4.69) is 27.2 Å². The lowest BCUT2D eigenvalue weighted by Crippen LogP contribution is -2.46. The van der Waals surface area contributed by atoms with Gasteiger partial charge in [-0.15, -0.1) is 6.58 Å². The van der Waals surface area contributed by atoms with E-state index in [0.29, 0.717) is 44.9 Å². The highest BCUT2D eigenvalue weighted by molar-refractivity contribution is 5.92. The van der Waals surface area contributed by atoms with Crippen molar-refractivity contribution in [1.82, 2.24) is 20.2 Å². The first-order valence-electron chi connectivity index (χ1n) is 8.03. The van der Waals surface area contributed by atoms with Crippen molar-refractivity contribution in [1.29, 1.82) is 0 Å². The van der Waals surface area contributed by atoms with Crippen molar-refractivity contribution in [2.45, 2.75) is 25.8 Å². The van der Waals surface area contributed by atoms with Gasteiger partial charge in [-0.05, 0) is 19.8 Å². The van der Waals surface area contributed by atoms with Crippen LogP contribution in [0.4, 0.5) is 10.6 Å². The van der Waals surface area contributed by atoms with Crippen LogP contribution in [0.15, 0.2) is 25.0 Å². The molecule has 130 valence electrons. The van der Waals surface area contributed by atoms with E-state index in [1.54, 1.807) is 17.9 Å². The second-order valence-electron chi connectivity index (χ2n) is 5.39. The van der Waals surface area contributed by atoms with Gasteiger partial charge in [0.1, 0.15) is 11.5 Å². The molecule has 0 unspecified atom stereocenters. The summed E-state index contributed by atoms with van der Waals surface area (Å²) in [4.78, 5) is 33.7. The summed E-state index contributed by atoms with van der Waals surface area (Å²) in [6.07, 6.45) is 5.76. The van der Waals surface area contributed by atoms with Crippen molar-refractivity contribution in [2.75, 3.05) is 31.6 Å². The van der Waals surface area contributed by atoms with E-state index in [-0.39, 0.29) is 23.7 Å². The van der Waals surface area contributed by atoms with Crippen LogP contribution in [0.3, 0.4) is 0 Å². The number of piperidine rings is 1. The van der Waals surface area contributed by atoms with Crippen molar-refractivity contribution in [3.63, 3.8) is 0 Å². The molecule has 0 saturated carbocycles. The molecule has 2 amide bonds. The quantitative estimate of drug-likeness (QED) is 0.765. The van der Waals surface area contributed by atoms with Crippen molar-refractivity contribution in [3.8, 4) is 0 Å². The summed E-state index contributed by atoms with van der Waals surface area (Å²) in [5.41, 5.74) is 0.270. The molecular weight excluding hydrogens is 310 g/mol. The van der Waals surface area contributed by atoms with Crippen molar-refractivity contribution in [2.24, 2.45) is 0 Å². The Morgan fingerprint density at radius 2 is 2.12 bits per heavy atom. The minimum atomic E-state index is -0.296. The van der Waals surface area contributed by atoms with Gasteiger partial charge in [0, 0.05) is 25.7 Å². The molecule has 2 N–H and O–H groups in total. The van der Waals surface area contributed by atoms with Gasteiger partial charge in [0.2, 0.25) is 0 Å². The highest BCUT2D eigenvalue weighted by atomic mass is 16.6. The molecule has 1 aliphatic rings. The van der Waals surface area contributed by atoms with E-state index in [1.807, 2.05) is 0 Å². The summed E-state index contributed by atoms with van der Waals surface area (Å²) < 4.78 is 4.98. The maximum atomic E-state index is 12.2. The third-order valence-corrected chi connectivity index (χ3v) is 3.67. The van der Waals surface area contributed by atoms with E-state index in [0.717, 1.165) is 0 Å². The Kier molecular flexibility index (Phi) is 6.53. The number of anilines is 1. The zero-order valence-corrected chi connectivity index (χ0v) is 13.8. The van der Waals surface area contributed by atoms with Crippen molar-refractivity contribution < 1.29 is 14.3 Å². The lowest BCUT2D eigenvalue weighted by molar-refractivity contribution is 0.0856. The van der Waals surface area contributed by atoms with E-state index < -0.39 is 0 Å². The maximum Gasteiger partial charge on any atom is 0.409 e. The van der Waals surface area contributed by atoms with E-state index in [1.165, 1.54) is 12.4 Å². The summed E-state index contributed by atoms with van der Waals surface area (Å²) in [7, 11) is 0. The highest BCUT2D eigenvalue weighted by Crippen LogP contribution is 2.12. The largest absolute Gasteiger partial charge is 0.450 e. The molecule has 0 spiro atoms. The third-order valence-electron chi connectivity index (χ3n) is 3.67. The van der Waals surface area contributed by atoms with Gasteiger partial charge in [-0.2, -0.15) is 0 Å². The zero-order valence-electron chi connectivity index (χ0n) is 13.8. The first-order valence-corrected chi connectivity index (χ1v) is 8.03. The van der Waals surface area contributed by atoms with Crippen LogP contribution in [0.1, 0.15) is 30.3 Å². The maximum absolute atomic E-state index is 12.2. The van der Waals surface area contributed by atoms with Crippen molar-refractivity contribution >= 4 is 17.8 Å². The molecule has 1 aromatic rings. The molecule has 1 aliphatic heterocycles. The van der Waals surface area contributed by atoms with Gasteiger partial charge in [0.15, 0.2) is 0 Å². The molecule has 0 radical (unpaired) electrons. The third kappa shape index (κ3) is 4.94. The molecular formula is C16H23N5O3. The summed E-state index contributed by atoms with van der Waals surface area (Å²) in [5.74, 6) is 0.335. The second kappa shape index (κ2) is 8.85. The fraction of sp³-hybridized carbons (Fsp3) is 0.500. The van der Waals surface area contributed by atoms with Gasteiger partial charge in [-0.1, -0.05) is 6.08 Å². The first kappa shape index (κ1) is 17.7. The van der Waals surface area contributed by atoms with Gasteiger partial charge in [-0.3, -0.25) is 4.79 Å². The predicted molar refractivity (Wildman–Crippen MR) is 89.8 cm³/mol. The average Bonchev–Trinajstić information content (AvgIpc) is 2.61. The van der Waals surface area contributed by atoms with E-state index >= 15 is 0 Å². The number of hydrogen-bond acceptors (Lipinski definition) is 6. The normalized spacial score (nSPS) is 14.8. The first-order chi connectivity index (χ1) is 11.6. The zero-order chi connectivity index (χ0) is 17.4. The van der Waals surface area contributed by atoms with Crippen LogP contribution in [-0.2, 0) is 4.74 Å². The molecule has 1 aromatic heterocycles. The topological polar surface area (TPSA) is 96.5 Å². The van der Waals surface area contributed by atoms with Gasteiger partial charge in [0.05, 0.1) is 19.0 Å². The van der Waals surface area contributed by atoms with Crippen LogP contribution in [0.25, 0.3) is 0 Å². The molecule has 0 aromatic carbocycles. The molecule has 1 saturated heterocycles. The molecule has 8 nitrogen and oxygen atoms in total. The molecule has 0 atom stereocenters. The molecule has 24 heavy (non-hydrogen) atoms. The van der Waals surface area contributed by atoms with E-state index in [4.69, 9.17) is 4.74 Å². The van der Waals surface area contributed by atoms with Crippen LogP contribution >= 0.6 is 0 Å². The number of likely N-dealkylation sites (tertiary alicyclic amines) is 1. The van der Waals surface area contributed by atoms with Gasteiger partial charge < -0.3 is 20.3 Å². The number of carbonyl (C=O) groups excluding carboxylic acids is 2. The van der Waals surface area contributed by atoms with Crippen LogP contribution in [-0.4, -0.2) is 59.2 Å². The number of hydrogen-bond donors (Lipinski definition) is 2. The van der Waals surface area contributed by atoms with Gasteiger partial charge in [-0.25, -0.2) is 14.8 Å². The van der Waals surface area contributed by atoms with Gasteiger partial charge >= 0.3 is 6.09 Å². The number of nitrogens with one attached hydrogen (secondary N) is 2. The highest BCUT2D eigenvalue weighted by Gasteiger charge is 2.25. The SMILES string of the molecule is C=CCNc1cnc(C(=O)NC2CCN(C(=O)OCC)CC2)cn1. The summed E-state index contributed by atoms with van der Waals surface area (Å²) in [5, 5.41) is 5.93. The Labute approximate surface area is 141 Å². The van der Waals surface area contributed by atoms with Crippen LogP contribution < -0.4 is 10.6 Å². The minimum absolute atomic E-state index is 0.0172. The Bertz CT molecular complexity index is 568. The molecule has 0 aliphatic carbocycles. The molecule has 8 heteroatoms. The number of ether oxygens (including phenoxy) is 1. The summed E-state index contributed by atoms with van der Waals surface area (Å²) in [6, 6.07) is 0.0172. The Balaban J connectivity index is 1.80. The Morgan fingerprint density at radius 3 is 2.71 bits per heavy atom. The molecule has 1 fully saturated rings. The van der Waals surface area contributed by atoms with Gasteiger partial charge in [0.25, 0.3) is 5.91 Å². The molecule has 0 bridgehead atoms. The Morgan fingerprint density at radius 1 is 1.38 bits per heavy atom. The number of rotatable bonds is 6. The Hall–Kier alpha value is -2.64. The number of amides is 2. The monoisotopic (exact) mass is 333 g/mol.